The van der Waals surface area contributed by atoms with E-state index in [4.69, 9.17) is 5.11 Å². The smallest absolute Gasteiger partial charge is 0.407 e. The summed E-state index contributed by atoms with van der Waals surface area (Å²) in [6.45, 7) is 4.59. The molecule has 0 spiro atoms. The molecular formula is C9H18N2O4. The Balaban J connectivity index is 3.74. The standard InChI is InChI=1S/C9H18N2O4/c1-3-11(4-2)8(13)7-10-9(14)15-6-5-12/h12H,3-7H2,1-2H3,(H,10,14). The number of alkyl carbamates (subject to hydrolysis) is 1. The Morgan fingerprint density at radius 2 is 1.93 bits per heavy atom. The van der Waals surface area contributed by atoms with Gasteiger partial charge in [-0.05, 0) is 13.8 Å². The van der Waals surface area contributed by atoms with E-state index in [9.17, 15) is 9.59 Å². The van der Waals surface area contributed by atoms with E-state index in [0.29, 0.717) is 13.1 Å². The van der Waals surface area contributed by atoms with Crippen molar-refractivity contribution >= 4 is 12.0 Å². The number of nitrogens with one attached hydrogen (secondary N) is 1. The highest BCUT2D eigenvalue weighted by atomic mass is 16.6. The highest BCUT2D eigenvalue weighted by molar-refractivity contribution is 5.82. The fraction of sp³-hybridized carbons (Fsp3) is 0.778. The van der Waals surface area contributed by atoms with Crippen LogP contribution >= 0.6 is 0 Å². The van der Waals surface area contributed by atoms with Gasteiger partial charge >= 0.3 is 6.09 Å². The molecule has 0 heterocycles. The molecule has 0 saturated heterocycles. The molecule has 0 unspecified atom stereocenters. The van der Waals surface area contributed by atoms with Crippen molar-refractivity contribution in [3.05, 3.63) is 0 Å². The van der Waals surface area contributed by atoms with Gasteiger partial charge in [-0.15, -0.1) is 0 Å². The Bertz CT molecular complexity index is 204. The van der Waals surface area contributed by atoms with E-state index in [-0.39, 0.29) is 25.7 Å². The number of hydrogen-bond acceptors (Lipinski definition) is 4. The van der Waals surface area contributed by atoms with E-state index in [1.165, 1.54) is 0 Å². The lowest BCUT2D eigenvalue weighted by molar-refractivity contribution is -0.129. The van der Waals surface area contributed by atoms with Crippen LogP contribution in [0.2, 0.25) is 0 Å². The number of hydrogen-bond donors (Lipinski definition) is 2. The van der Waals surface area contributed by atoms with Crippen molar-refractivity contribution in [3.63, 3.8) is 0 Å². The minimum absolute atomic E-state index is 0.0642. The summed E-state index contributed by atoms with van der Waals surface area (Å²) in [5, 5.41) is 10.7. The molecule has 2 amide bonds. The average molecular weight is 218 g/mol. The van der Waals surface area contributed by atoms with Crippen LogP contribution < -0.4 is 5.32 Å². The number of likely N-dealkylation sites (N-methyl/N-ethyl adjacent to an activating group) is 1. The van der Waals surface area contributed by atoms with E-state index in [1.807, 2.05) is 13.8 Å². The number of carbonyl (C=O) groups is 2. The molecule has 0 aliphatic heterocycles. The number of rotatable bonds is 6. The molecule has 0 bridgehead atoms. The van der Waals surface area contributed by atoms with Crippen LogP contribution in [-0.2, 0) is 9.53 Å². The first-order chi connectivity index (χ1) is 7.15. The number of ether oxygens (including phenoxy) is 1. The number of nitrogens with zero attached hydrogens (tertiary/aromatic N) is 1. The molecule has 0 rings (SSSR count). The minimum atomic E-state index is -0.690. The average Bonchev–Trinajstić information content (AvgIpc) is 2.25. The molecule has 2 N–H and O–H groups in total. The first kappa shape index (κ1) is 13.7. The van der Waals surface area contributed by atoms with Gasteiger partial charge in [-0.25, -0.2) is 4.79 Å². The maximum Gasteiger partial charge on any atom is 0.407 e. The topological polar surface area (TPSA) is 78.9 Å². The summed E-state index contributed by atoms with van der Waals surface area (Å²) in [6.07, 6.45) is -0.690. The van der Waals surface area contributed by atoms with Crippen molar-refractivity contribution in [1.29, 1.82) is 0 Å². The summed E-state index contributed by atoms with van der Waals surface area (Å²) in [6, 6.07) is 0. The van der Waals surface area contributed by atoms with Crippen molar-refractivity contribution in [2.45, 2.75) is 13.8 Å². The molecule has 88 valence electrons. The molecule has 0 radical (unpaired) electrons. The van der Waals surface area contributed by atoms with Gasteiger partial charge in [-0.2, -0.15) is 0 Å². The summed E-state index contributed by atoms with van der Waals surface area (Å²) in [4.78, 5) is 23.9. The van der Waals surface area contributed by atoms with E-state index in [1.54, 1.807) is 4.90 Å². The molecule has 0 atom stereocenters. The van der Waals surface area contributed by atoms with Crippen LogP contribution in [0.15, 0.2) is 0 Å². The van der Waals surface area contributed by atoms with Gasteiger partial charge in [0, 0.05) is 13.1 Å². The quantitative estimate of drug-likeness (QED) is 0.634. The predicted molar refractivity (Wildman–Crippen MR) is 54.4 cm³/mol. The van der Waals surface area contributed by atoms with Crippen LogP contribution in [0.3, 0.4) is 0 Å². The van der Waals surface area contributed by atoms with Crippen LogP contribution in [0, 0.1) is 0 Å². The molecule has 0 aromatic rings. The maximum atomic E-state index is 11.4. The van der Waals surface area contributed by atoms with E-state index < -0.39 is 6.09 Å². The lowest BCUT2D eigenvalue weighted by Gasteiger charge is -2.18. The Kier molecular flexibility index (Phi) is 7.35. The second kappa shape index (κ2) is 8.05. The number of carbonyl (C=O) groups excluding carboxylic acids is 2. The third-order valence-electron chi connectivity index (χ3n) is 1.82. The van der Waals surface area contributed by atoms with Gasteiger partial charge in [-0.3, -0.25) is 4.79 Å². The predicted octanol–water partition coefficient (Wildman–Crippen LogP) is -0.427. The molecule has 15 heavy (non-hydrogen) atoms. The Hall–Kier alpha value is -1.30. The highest BCUT2D eigenvalue weighted by Crippen LogP contribution is 1.87. The van der Waals surface area contributed by atoms with Gasteiger partial charge < -0.3 is 20.1 Å². The lowest BCUT2D eigenvalue weighted by Crippen LogP contribution is -2.40. The molecule has 0 aliphatic carbocycles. The molecule has 0 aromatic heterocycles. The summed E-state index contributed by atoms with van der Waals surface area (Å²) < 4.78 is 4.52. The van der Waals surface area contributed by atoms with Crippen LogP contribution in [-0.4, -0.2) is 54.9 Å². The lowest BCUT2D eigenvalue weighted by atomic mass is 10.4. The van der Waals surface area contributed by atoms with Crippen molar-refractivity contribution in [2.75, 3.05) is 32.8 Å². The van der Waals surface area contributed by atoms with Gasteiger partial charge in [0.1, 0.15) is 13.2 Å². The highest BCUT2D eigenvalue weighted by Gasteiger charge is 2.10. The van der Waals surface area contributed by atoms with Crippen molar-refractivity contribution in [1.82, 2.24) is 10.2 Å². The minimum Gasteiger partial charge on any atom is -0.447 e. The van der Waals surface area contributed by atoms with Gasteiger partial charge in [0.2, 0.25) is 5.91 Å². The summed E-state index contributed by atoms with van der Waals surface area (Å²) in [5.41, 5.74) is 0. The number of aliphatic hydroxyl groups excluding tert-OH is 1. The van der Waals surface area contributed by atoms with Gasteiger partial charge in [0.25, 0.3) is 0 Å². The fourth-order valence-electron chi connectivity index (χ4n) is 1.03. The first-order valence-corrected chi connectivity index (χ1v) is 4.94. The third-order valence-corrected chi connectivity index (χ3v) is 1.82. The van der Waals surface area contributed by atoms with E-state index in [2.05, 4.69) is 10.1 Å². The molecule has 6 nitrogen and oxygen atoms in total. The summed E-state index contributed by atoms with van der Waals surface area (Å²) >= 11 is 0. The number of aliphatic hydroxyl groups is 1. The van der Waals surface area contributed by atoms with Crippen molar-refractivity contribution < 1.29 is 19.4 Å². The monoisotopic (exact) mass is 218 g/mol. The van der Waals surface area contributed by atoms with Gasteiger partial charge in [0.05, 0.1) is 6.61 Å². The van der Waals surface area contributed by atoms with Crippen LogP contribution in [0.1, 0.15) is 13.8 Å². The Morgan fingerprint density at radius 3 is 2.40 bits per heavy atom. The number of amides is 2. The first-order valence-electron chi connectivity index (χ1n) is 4.94. The summed E-state index contributed by atoms with van der Waals surface area (Å²) in [7, 11) is 0. The zero-order valence-electron chi connectivity index (χ0n) is 9.15. The normalized spacial score (nSPS) is 9.53. The van der Waals surface area contributed by atoms with E-state index in [0.717, 1.165) is 0 Å². The SMILES string of the molecule is CCN(CC)C(=O)CNC(=O)OCCO. The summed E-state index contributed by atoms with van der Waals surface area (Å²) in [5.74, 6) is -0.152. The van der Waals surface area contributed by atoms with Gasteiger partial charge in [-0.1, -0.05) is 0 Å². The Morgan fingerprint density at radius 1 is 1.33 bits per heavy atom. The zero-order valence-corrected chi connectivity index (χ0v) is 9.15. The fourth-order valence-corrected chi connectivity index (χ4v) is 1.03. The second-order valence-electron chi connectivity index (χ2n) is 2.78. The molecular weight excluding hydrogens is 200 g/mol. The molecule has 0 aromatic carbocycles. The Labute approximate surface area is 89.2 Å². The molecule has 0 saturated carbocycles. The third kappa shape index (κ3) is 5.90. The van der Waals surface area contributed by atoms with Crippen molar-refractivity contribution in [3.8, 4) is 0 Å². The van der Waals surface area contributed by atoms with Crippen molar-refractivity contribution in [2.24, 2.45) is 0 Å². The molecule has 0 aliphatic rings. The van der Waals surface area contributed by atoms with Crippen LogP contribution in [0.4, 0.5) is 4.79 Å². The second-order valence-corrected chi connectivity index (χ2v) is 2.78. The largest absolute Gasteiger partial charge is 0.447 e. The van der Waals surface area contributed by atoms with Crippen LogP contribution in [0.25, 0.3) is 0 Å². The zero-order chi connectivity index (χ0) is 11.7. The molecule has 6 heteroatoms. The van der Waals surface area contributed by atoms with E-state index >= 15 is 0 Å². The maximum absolute atomic E-state index is 11.4. The van der Waals surface area contributed by atoms with Crippen LogP contribution in [0.5, 0.6) is 0 Å². The molecule has 0 fully saturated rings. The van der Waals surface area contributed by atoms with Gasteiger partial charge in [0.15, 0.2) is 0 Å².